The molecule has 1 aliphatic heterocycles. The average Bonchev–Trinajstić information content (AvgIpc) is 3.08. The Morgan fingerprint density at radius 1 is 0.964 bits per heavy atom. The van der Waals surface area contributed by atoms with E-state index in [0.717, 1.165) is 16.0 Å². The van der Waals surface area contributed by atoms with E-state index in [1.165, 1.54) is 7.11 Å². The van der Waals surface area contributed by atoms with Gasteiger partial charge in [-0.15, -0.1) is 0 Å². The van der Waals surface area contributed by atoms with E-state index in [1.54, 1.807) is 0 Å². The van der Waals surface area contributed by atoms with E-state index in [9.17, 15) is 14.7 Å². The Balaban J connectivity index is 1.66. The molecule has 2 aromatic carbocycles. The number of amides is 1. The van der Waals surface area contributed by atoms with Gasteiger partial charge in [-0.25, -0.2) is 9.59 Å². The molecular formula is C21H23NO6. The Morgan fingerprint density at radius 3 is 2.04 bits per heavy atom. The number of β-amino-alcohol motifs (C(OH)–C–C–N with tert-alkyl or cyclic N) is 1. The highest BCUT2D eigenvalue weighted by molar-refractivity contribution is 5.83. The van der Waals surface area contributed by atoms with Crippen LogP contribution in [0.4, 0.5) is 4.79 Å². The number of aliphatic hydroxyl groups is 1. The first-order valence-corrected chi connectivity index (χ1v) is 8.99. The van der Waals surface area contributed by atoms with Crippen LogP contribution in [0.3, 0.4) is 0 Å². The summed E-state index contributed by atoms with van der Waals surface area (Å²) in [6.45, 7) is 0.0581. The number of nitrogens with zero attached hydrogens (tertiary/aromatic N) is 1. The van der Waals surface area contributed by atoms with E-state index in [4.69, 9.17) is 14.2 Å². The first kappa shape index (κ1) is 19.9. The van der Waals surface area contributed by atoms with Gasteiger partial charge in [0.1, 0.15) is 25.4 Å². The third kappa shape index (κ3) is 4.68. The van der Waals surface area contributed by atoms with Gasteiger partial charge in [0.15, 0.2) is 6.04 Å². The SMILES string of the molecule is CO[C@@H]1C(O)CN(C(=O)OCc2ccccc2)[C@@H]1C(=O)OCc1ccccc1. The number of carbonyl (C=O) groups excluding carboxylic acids is 2. The third-order valence-corrected chi connectivity index (χ3v) is 4.59. The van der Waals surface area contributed by atoms with Gasteiger partial charge < -0.3 is 19.3 Å². The van der Waals surface area contributed by atoms with Crippen LogP contribution in [0.25, 0.3) is 0 Å². The number of methoxy groups -OCH3 is 1. The molecule has 1 N–H and O–H groups in total. The minimum atomic E-state index is -1.08. The largest absolute Gasteiger partial charge is 0.459 e. The highest BCUT2D eigenvalue weighted by Crippen LogP contribution is 2.24. The average molecular weight is 385 g/mol. The lowest BCUT2D eigenvalue weighted by molar-refractivity contribution is -0.154. The zero-order valence-electron chi connectivity index (χ0n) is 15.6. The summed E-state index contributed by atoms with van der Waals surface area (Å²) in [5.41, 5.74) is 1.64. The lowest BCUT2D eigenvalue weighted by Crippen LogP contribution is -2.47. The molecule has 1 fully saturated rings. The van der Waals surface area contributed by atoms with Crippen LogP contribution < -0.4 is 0 Å². The molecule has 7 heteroatoms. The number of rotatable bonds is 6. The van der Waals surface area contributed by atoms with Crippen molar-refractivity contribution in [1.82, 2.24) is 4.90 Å². The van der Waals surface area contributed by atoms with Gasteiger partial charge in [-0.2, -0.15) is 0 Å². The molecule has 2 aromatic rings. The van der Waals surface area contributed by atoms with Crippen molar-refractivity contribution in [3.63, 3.8) is 0 Å². The predicted octanol–water partition coefficient (Wildman–Crippen LogP) is 2.13. The van der Waals surface area contributed by atoms with Crippen molar-refractivity contribution in [2.75, 3.05) is 13.7 Å². The van der Waals surface area contributed by atoms with Gasteiger partial charge in [-0.1, -0.05) is 60.7 Å². The number of ether oxygens (including phenoxy) is 3. The van der Waals surface area contributed by atoms with Crippen molar-refractivity contribution in [3.05, 3.63) is 71.8 Å². The summed E-state index contributed by atoms with van der Waals surface area (Å²) in [4.78, 5) is 26.4. The maximum absolute atomic E-state index is 12.7. The van der Waals surface area contributed by atoms with Crippen LogP contribution in [0.5, 0.6) is 0 Å². The minimum Gasteiger partial charge on any atom is -0.459 e. The monoisotopic (exact) mass is 385 g/mol. The second-order valence-electron chi connectivity index (χ2n) is 6.50. The highest BCUT2D eigenvalue weighted by Gasteiger charge is 2.49. The summed E-state index contributed by atoms with van der Waals surface area (Å²) in [6, 6.07) is 17.3. The molecule has 1 heterocycles. The number of benzene rings is 2. The van der Waals surface area contributed by atoms with Crippen molar-refractivity contribution in [2.45, 2.75) is 31.5 Å². The van der Waals surface area contributed by atoms with Crippen LogP contribution in [0, 0.1) is 0 Å². The van der Waals surface area contributed by atoms with Crippen molar-refractivity contribution in [1.29, 1.82) is 0 Å². The lowest BCUT2D eigenvalue weighted by Gasteiger charge is -2.25. The smallest absolute Gasteiger partial charge is 0.411 e. The molecular weight excluding hydrogens is 362 g/mol. The molecule has 0 saturated carbocycles. The predicted molar refractivity (Wildman–Crippen MR) is 100 cm³/mol. The molecule has 3 atom stereocenters. The molecule has 0 aromatic heterocycles. The van der Waals surface area contributed by atoms with E-state index in [-0.39, 0.29) is 19.8 Å². The van der Waals surface area contributed by atoms with Crippen LogP contribution in [0.2, 0.25) is 0 Å². The van der Waals surface area contributed by atoms with Crippen LogP contribution in [0.1, 0.15) is 11.1 Å². The van der Waals surface area contributed by atoms with Gasteiger partial charge >= 0.3 is 12.1 Å². The topological polar surface area (TPSA) is 85.3 Å². The standard InChI is InChI=1S/C21H23NO6/c1-26-19-17(23)12-22(21(25)28-14-16-10-6-3-7-11-16)18(19)20(24)27-13-15-8-4-2-5-9-15/h2-11,17-19,23H,12-14H2,1H3/t17?,18-,19+/m0/s1. The maximum Gasteiger partial charge on any atom is 0.411 e. The Bertz CT molecular complexity index is 782. The summed E-state index contributed by atoms with van der Waals surface area (Å²) in [5.74, 6) is -0.649. The van der Waals surface area contributed by atoms with Crippen molar-refractivity contribution in [3.8, 4) is 0 Å². The zero-order chi connectivity index (χ0) is 19.9. The molecule has 3 rings (SSSR count). The van der Waals surface area contributed by atoms with Gasteiger partial charge in [0, 0.05) is 7.11 Å². The number of hydrogen-bond donors (Lipinski definition) is 1. The number of aliphatic hydroxyl groups excluding tert-OH is 1. The number of hydrogen-bond acceptors (Lipinski definition) is 6. The van der Waals surface area contributed by atoms with E-state index in [1.807, 2.05) is 60.7 Å². The molecule has 0 aliphatic carbocycles. The van der Waals surface area contributed by atoms with Gasteiger partial charge in [0.25, 0.3) is 0 Å². The third-order valence-electron chi connectivity index (χ3n) is 4.59. The van der Waals surface area contributed by atoms with Crippen LogP contribution >= 0.6 is 0 Å². The molecule has 1 amide bonds. The van der Waals surface area contributed by atoms with E-state index < -0.39 is 30.3 Å². The second-order valence-corrected chi connectivity index (χ2v) is 6.50. The highest BCUT2D eigenvalue weighted by atomic mass is 16.6. The number of likely N-dealkylation sites (tertiary alicyclic amines) is 1. The van der Waals surface area contributed by atoms with Gasteiger partial charge in [0.05, 0.1) is 6.54 Å². The Kier molecular flexibility index (Phi) is 6.62. The molecule has 148 valence electrons. The molecule has 28 heavy (non-hydrogen) atoms. The molecule has 1 unspecified atom stereocenters. The Morgan fingerprint density at radius 2 is 1.50 bits per heavy atom. The van der Waals surface area contributed by atoms with Crippen molar-refractivity contribution < 1.29 is 28.9 Å². The van der Waals surface area contributed by atoms with E-state index >= 15 is 0 Å². The quantitative estimate of drug-likeness (QED) is 0.767. The first-order valence-electron chi connectivity index (χ1n) is 8.99. The number of esters is 1. The Labute approximate surface area is 163 Å². The molecule has 1 saturated heterocycles. The van der Waals surface area contributed by atoms with Gasteiger partial charge in [-0.05, 0) is 11.1 Å². The molecule has 7 nitrogen and oxygen atoms in total. The summed E-state index contributed by atoms with van der Waals surface area (Å²) in [5, 5.41) is 10.2. The fraction of sp³-hybridized carbons (Fsp3) is 0.333. The molecule has 0 bridgehead atoms. The molecule has 0 spiro atoms. The normalized spacial score (nSPS) is 21.4. The first-order chi connectivity index (χ1) is 13.6. The fourth-order valence-corrected chi connectivity index (χ4v) is 3.16. The van der Waals surface area contributed by atoms with Crippen molar-refractivity contribution in [2.24, 2.45) is 0 Å². The van der Waals surface area contributed by atoms with Crippen LogP contribution in [-0.4, -0.2) is 54.0 Å². The van der Waals surface area contributed by atoms with E-state index in [0.29, 0.717) is 0 Å². The summed E-state index contributed by atoms with van der Waals surface area (Å²) in [7, 11) is 1.38. The van der Waals surface area contributed by atoms with Crippen molar-refractivity contribution >= 4 is 12.1 Å². The van der Waals surface area contributed by atoms with Gasteiger partial charge in [0.2, 0.25) is 0 Å². The van der Waals surface area contributed by atoms with Gasteiger partial charge in [-0.3, -0.25) is 4.90 Å². The Hall–Kier alpha value is -2.90. The second kappa shape index (κ2) is 9.34. The van der Waals surface area contributed by atoms with Crippen LogP contribution in [0.15, 0.2) is 60.7 Å². The zero-order valence-corrected chi connectivity index (χ0v) is 15.6. The maximum atomic E-state index is 12.7. The summed E-state index contributed by atoms with van der Waals surface area (Å²) >= 11 is 0. The minimum absolute atomic E-state index is 0.0651. The lowest BCUT2D eigenvalue weighted by atomic mass is 10.1. The molecule has 1 aliphatic rings. The summed E-state index contributed by atoms with van der Waals surface area (Å²) in [6.07, 6.45) is -2.60. The fourth-order valence-electron chi connectivity index (χ4n) is 3.16. The number of carbonyl (C=O) groups is 2. The molecule has 0 radical (unpaired) electrons. The summed E-state index contributed by atoms with van der Waals surface area (Å²) < 4.78 is 15.9. The van der Waals surface area contributed by atoms with E-state index in [2.05, 4.69) is 0 Å². The van der Waals surface area contributed by atoms with Crippen LogP contribution in [-0.2, 0) is 32.2 Å².